The second-order valence-corrected chi connectivity index (χ2v) is 6.38. The number of aryl methyl sites for hydroxylation is 2. The van der Waals surface area contributed by atoms with Gasteiger partial charge in [-0.1, -0.05) is 42.4 Å². The van der Waals surface area contributed by atoms with Crippen molar-refractivity contribution in [2.24, 2.45) is 0 Å². The lowest BCUT2D eigenvalue weighted by atomic mass is 10.1. The molecule has 0 saturated heterocycles. The van der Waals surface area contributed by atoms with Crippen LogP contribution >= 0.6 is 23.4 Å². The van der Waals surface area contributed by atoms with Crippen molar-refractivity contribution in [2.45, 2.75) is 31.8 Å². The number of nitrogens with zero attached hydrogens (tertiary/aromatic N) is 2. The van der Waals surface area contributed by atoms with E-state index in [4.69, 9.17) is 16.7 Å². The molecule has 0 fully saturated rings. The van der Waals surface area contributed by atoms with Crippen LogP contribution in [0.2, 0.25) is 5.02 Å². The lowest BCUT2D eigenvalue weighted by Gasteiger charge is -2.11. The van der Waals surface area contributed by atoms with Crippen LogP contribution in [0.5, 0.6) is 0 Å². The summed E-state index contributed by atoms with van der Waals surface area (Å²) in [4.78, 5) is 22.3. The van der Waals surface area contributed by atoms with Gasteiger partial charge in [0.1, 0.15) is 5.03 Å². The zero-order chi connectivity index (χ0) is 17.0. The molecule has 0 spiro atoms. The fraction of sp³-hybridized carbons (Fsp3) is 0.312. The molecule has 0 amide bonds. The van der Waals surface area contributed by atoms with E-state index in [1.165, 1.54) is 0 Å². The highest BCUT2D eigenvalue weighted by molar-refractivity contribution is 8.00. The average molecular weight is 353 g/mol. The van der Waals surface area contributed by atoms with Crippen LogP contribution in [-0.2, 0) is 17.8 Å². The number of carboxylic acids is 1. The van der Waals surface area contributed by atoms with Crippen LogP contribution < -0.4 is 0 Å². The van der Waals surface area contributed by atoms with Gasteiger partial charge in [0.05, 0.1) is 23.6 Å². The Bertz CT molecular complexity index is 723. The maximum absolute atomic E-state index is 11.4. The second-order valence-electron chi connectivity index (χ2n) is 5.01. The summed E-state index contributed by atoms with van der Waals surface area (Å²) in [5.41, 5.74) is 3.06. The zero-order valence-electron chi connectivity index (χ0n) is 12.9. The highest BCUT2D eigenvalue weighted by Gasteiger charge is 2.19. The molecule has 0 aliphatic rings. The molecule has 0 bridgehead atoms. The molecule has 1 heterocycles. The van der Waals surface area contributed by atoms with E-state index in [0.29, 0.717) is 34.3 Å². The summed E-state index contributed by atoms with van der Waals surface area (Å²) >= 11 is 7.36. The number of aromatic nitrogens is 2. The average Bonchev–Trinajstić information content (AvgIpc) is 2.85. The predicted molar refractivity (Wildman–Crippen MR) is 90.6 cm³/mol. The van der Waals surface area contributed by atoms with Gasteiger partial charge in [0.15, 0.2) is 6.29 Å². The fourth-order valence-electron chi connectivity index (χ4n) is 2.29. The minimum Gasteiger partial charge on any atom is -0.481 e. The second kappa shape index (κ2) is 7.66. The van der Waals surface area contributed by atoms with Gasteiger partial charge in [0, 0.05) is 5.02 Å². The molecule has 5 nitrogen and oxygen atoms in total. The first-order chi connectivity index (χ1) is 11.0. The minimum absolute atomic E-state index is 0.128. The Hall–Kier alpha value is -1.79. The van der Waals surface area contributed by atoms with Crippen molar-refractivity contribution >= 4 is 35.6 Å². The van der Waals surface area contributed by atoms with Gasteiger partial charge in [0.25, 0.3) is 0 Å². The molecule has 0 atom stereocenters. The molecular weight excluding hydrogens is 336 g/mol. The number of thioether (sulfide) groups is 1. The van der Waals surface area contributed by atoms with Gasteiger partial charge in [-0.2, -0.15) is 5.10 Å². The van der Waals surface area contributed by atoms with E-state index in [0.717, 1.165) is 29.2 Å². The van der Waals surface area contributed by atoms with E-state index in [2.05, 4.69) is 5.10 Å². The SMILES string of the molecule is CCc1nn(Cc2c(C)cccc2Cl)c(SCC(=O)O)c1C=O. The predicted octanol–water partition coefficient (Wildman–Crippen LogP) is 3.44. The number of carbonyl (C=O) groups excluding carboxylic acids is 1. The van der Waals surface area contributed by atoms with Crippen LogP contribution in [0, 0.1) is 6.92 Å². The van der Waals surface area contributed by atoms with Gasteiger partial charge in [-0.15, -0.1) is 0 Å². The number of aldehydes is 1. The van der Waals surface area contributed by atoms with Gasteiger partial charge in [-0.25, -0.2) is 0 Å². The lowest BCUT2D eigenvalue weighted by molar-refractivity contribution is -0.133. The highest BCUT2D eigenvalue weighted by Crippen LogP contribution is 2.28. The summed E-state index contributed by atoms with van der Waals surface area (Å²) in [5, 5.41) is 14.6. The molecule has 122 valence electrons. The molecule has 1 aromatic heterocycles. The Balaban J connectivity index is 2.46. The van der Waals surface area contributed by atoms with Gasteiger partial charge in [-0.05, 0) is 30.5 Å². The van der Waals surface area contributed by atoms with Gasteiger partial charge in [-0.3, -0.25) is 14.3 Å². The normalized spacial score (nSPS) is 10.7. The summed E-state index contributed by atoms with van der Waals surface area (Å²) < 4.78 is 1.67. The third kappa shape index (κ3) is 3.95. The van der Waals surface area contributed by atoms with Crippen LogP contribution in [0.3, 0.4) is 0 Å². The minimum atomic E-state index is -0.938. The summed E-state index contributed by atoms with van der Waals surface area (Å²) in [7, 11) is 0. The monoisotopic (exact) mass is 352 g/mol. The first kappa shape index (κ1) is 17.6. The summed E-state index contributed by atoms with van der Waals surface area (Å²) in [5.74, 6) is -1.07. The molecule has 0 aliphatic carbocycles. The molecule has 7 heteroatoms. The Kier molecular flexibility index (Phi) is 5.85. The largest absolute Gasteiger partial charge is 0.481 e. The number of rotatable bonds is 7. The summed E-state index contributed by atoms with van der Waals surface area (Å²) in [6, 6.07) is 5.63. The molecule has 2 aromatic rings. The third-order valence-corrected chi connectivity index (χ3v) is 4.91. The zero-order valence-corrected chi connectivity index (χ0v) is 14.4. The Morgan fingerprint density at radius 2 is 2.22 bits per heavy atom. The van der Waals surface area contributed by atoms with Crippen molar-refractivity contribution in [3.8, 4) is 0 Å². The standard InChI is InChI=1S/C16H17ClN2O3S/c1-3-14-12(8-20)16(23-9-15(21)22)19(18-14)7-11-10(2)5-4-6-13(11)17/h4-6,8H,3,7,9H2,1-2H3,(H,21,22). The van der Waals surface area contributed by atoms with E-state index in [9.17, 15) is 9.59 Å². The molecule has 0 aliphatic heterocycles. The molecule has 2 rings (SSSR count). The fourth-order valence-corrected chi connectivity index (χ4v) is 3.41. The number of hydrogen-bond donors (Lipinski definition) is 1. The number of benzene rings is 1. The Morgan fingerprint density at radius 3 is 2.78 bits per heavy atom. The smallest absolute Gasteiger partial charge is 0.313 e. The molecule has 0 unspecified atom stereocenters. The van der Waals surface area contributed by atoms with Crippen molar-refractivity contribution in [1.82, 2.24) is 9.78 Å². The number of halogens is 1. The van der Waals surface area contributed by atoms with Crippen LogP contribution in [0.15, 0.2) is 23.2 Å². The Labute approximate surface area is 143 Å². The van der Waals surface area contributed by atoms with Crippen LogP contribution in [0.4, 0.5) is 0 Å². The highest BCUT2D eigenvalue weighted by atomic mass is 35.5. The molecular formula is C16H17ClN2O3S. The molecule has 1 N–H and O–H groups in total. The molecule has 0 saturated carbocycles. The van der Waals surface area contributed by atoms with Crippen LogP contribution in [0.25, 0.3) is 0 Å². The van der Waals surface area contributed by atoms with Gasteiger partial charge >= 0.3 is 5.97 Å². The number of carboxylic acid groups (broad SMARTS) is 1. The van der Waals surface area contributed by atoms with E-state index >= 15 is 0 Å². The van der Waals surface area contributed by atoms with Gasteiger partial charge < -0.3 is 5.11 Å². The van der Waals surface area contributed by atoms with Crippen molar-refractivity contribution in [3.05, 3.63) is 45.6 Å². The first-order valence-corrected chi connectivity index (χ1v) is 8.47. The van der Waals surface area contributed by atoms with Crippen molar-refractivity contribution in [3.63, 3.8) is 0 Å². The molecule has 23 heavy (non-hydrogen) atoms. The van der Waals surface area contributed by atoms with E-state index in [1.54, 1.807) is 10.7 Å². The molecule has 1 aromatic carbocycles. The number of carbonyl (C=O) groups is 2. The van der Waals surface area contributed by atoms with Crippen molar-refractivity contribution in [2.75, 3.05) is 5.75 Å². The van der Waals surface area contributed by atoms with Gasteiger partial charge in [0.2, 0.25) is 0 Å². The number of aliphatic carboxylic acids is 1. The number of hydrogen-bond acceptors (Lipinski definition) is 4. The van der Waals surface area contributed by atoms with E-state index < -0.39 is 5.97 Å². The van der Waals surface area contributed by atoms with E-state index in [-0.39, 0.29) is 5.75 Å². The lowest BCUT2D eigenvalue weighted by Crippen LogP contribution is -2.08. The van der Waals surface area contributed by atoms with Crippen molar-refractivity contribution < 1.29 is 14.7 Å². The summed E-state index contributed by atoms with van der Waals surface area (Å²) in [6.45, 7) is 4.26. The molecule has 0 radical (unpaired) electrons. The quantitative estimate of drug-likeness (QED) is 0.610. The topological polar surface area (TPSA) is 72.2 Å². The Morgan fingerprint density at radius 1 is 1.48 bits per heavy atom. The first-order valence-electron chi connectivity index (χ1n) is 7.11. The maximum Gasteiger partial charge on any atom is 0.313 e. The van der Waals surface area contributed by atoms with E-state index in [1.807, 2.05) is 26.0 Å². The third-order valence-electron chi connectivity index (χ3n) is 3.46. The summed E-state index contributed by atoms with van der Waals surface area (Å²) in [6.07, 6.45) is 1.34. The van der Waals surface area contributed by atoms with Crippen LogP contribution in [0.1, 0.15) is 34.1 Å². The van der Waals surface area contributed by atoms with Crippen LogP contribution in [-0.4, -0.2) is 32.9 Å². The maximum atomic E-state index is 11.4. The van der Waals surface area contributed by atoms with Crippen molar-refractivity contribution in [1.29, 1.82) is 0 Å².